The molecule has 0 radical (unpaired) electrons. The molecule has 1 amide bonds. The van der Waals surface area contributed by atoms with Crippen LogP contribution in [0.4, 0.5) is 14.7 Å². The van der Waals surface area contributed by atoms with E-state index in [4.69, 9.17) is 5.11 Å². The maximum Gasteiger partial charge on any atom is 0.305 e. The van der Waals surface area contributed by atoms with E-state index in [1.54, 1.807) is 0 Å². The quantitative estimate of drug-likeness (QED) is 0.749. The lowest BCUT2D eigenvalue weighted by atomic mass is 9.89. The zero-order valence-corrected chi connectivity index (χ0v) is 15.8. The first-order valence-electron chi connectivity index (χ1n) is 9.06. The molecule has 1 aromatic heterocycles. The number of alkyl halides is 2. The van der Waals surface area contributed by atoms with Crippen molar-refractivity contribution >= 4 is 17.8 Å². The predicted molar refractivity (Wildman–Crippen MR) is 95.9 cm³/mol. The number of carboxylic acid groups (broad SMARTS) is 1. The van der Waals surface area contributed by atoms with Crippen LogP contribution in [0.25, 0.3) is 0 Å². The maximum atomic E-state index is 13.5. The average molecular weight is 384 g/mol. The van der Waals surface area contributed by atoms with E-state index in [-0.39, 0.29) is 6.42 Å². The highest BCUT2D eigenvalue weighted by molar-refractivity contribution is 5.81. The maximum absolute atomic E-state index is 13.5. The molecule has 0 aromatic carbocycles. The van der Waals surface area contributed by atoms with Gasteiger partial charge in [0.25, 0.3) is 6.43 Å². The fourth-order valence-electron chi connectivity index (χ4n) is 3.35. The first-order valence-corrected chi connectivity index (χ1v) is 9.06. The lowest BCUT2D eigenvalue weighted by molar-refractivity contribution is -0.143. The van der Waals surface area contributed by atoms with E-state index >= 15 is 0 Å². The summed E-state index contributed by atoms with van der Waals surface area (Å²) in [5, 5.41) is 11.3. The standard InChI is InChI=1S/C18H26F2N4O3/c1-4-18(16(19)20,10-14(25)26)23-15(27)13-5-7-24(8-6-13)17-21-11(2)9-12(3)22-17/h9,13,16H,4-8,10H2,1-3H3,(H,23,27)(H,25,26). The predicted octanol–water partition coefficient (Wildman–Crippen LogP) is 2.31. The second-order valence-corrected chi connectivity index (χ2v) is 7.08. The molecule has 0 bridgehead atoms. The number of amides is 1. The van der Waals surface area contributed by atoms with Crippen molar-refractivity contribution < 1.29 is 23.5 Å². The molecule has 1 fully saturated rings. The number of halogens is 2. The van der Waals surface area contributed by atoms with Gasteiger partial charge in [0.15, 0.2) is 0 Å². The number of aliphatic carboxylic acids is 1. The van der Waals surface area contributed by atoms with Gasteiger partial charge in [-0.15, -0.1) is 0 Å². The van der Waals surface area contributed by atoms with Gasteiger partial charge in [-0.2, -0.15) is 0 Å². The number of rotatable bonds is 7. The van der Waals surface area contributed by atoms with Gasteiger partial charge in [-0.3, -0.25) is 9.59 Å². The van der Waals surface area contributed by atoms with Crippen LogP contribution in [0, 0.1) is 19.8 Å². The van der Waals surface area contributed by atoms with Crippen molar-refractivity contribution in [1.29, 1.82) is 0 Å². The van der Waals surface area contributed by atoms with Crippen LogP contribution in [0.3, 0.4) is 0 Å². The Labute approximate surface area is 157 Å². The first-order chi connectivity index (χ1) is 12.7. The van der Waals surface area contributed by atoms with Gasteiger partial charge < -0.3 is 15.3 Å². The second kappa shape index (κ2) is 8.58. The fraction of sp³-hybridized carbons (Fsp3) is 0.667. The third-order valence-corrected chi connectivity index (χ3v) is 5.01. The molecule has 0 saturated carbocycles. The van der Waals surface area contributed by atoms with E-state index in [0.717, 1.165) is 11.4 Å². The number of piperidine rings is 1. The molecule has 1 aromatic rings. The van der Waals surface area contributed by atoms with Gasteiger partial charge >= 0.3 is 5.97 Å². The summed E-state index contributed by atoms with van der Waals surface area (Å²) in [6, 6.07) is 1.88. The van der Waals surface area contributed by atoms with Crippen LogP contribution in [0.1, 0.15) is 44.0 Å². The largest absolute Gasteiger partial charge is 0.481 e. The van der Waals surface area contributed by atoms with Gasteiger partial charge in [-0.1, -0.05) is 6.92 Å². The molecule has 2 heterocycles. The smallest absolute Gasteiger partial charge is 0.305 e. The van der Waals surface area contributed by atoms with E-state index in [2.05, 4.69) is 15.3 Å². The van der Waals surface area contributed by atoms with Crippen molar-refractivity contribution in [2.45, 2.75) is 58.4 Å². The lowest BCUT2D eigenvalue weighted by Crippen LogP contribution is -2.57. The fourth-order valence-corrected chi connectivity index (χ4v) is 3.35. The van der Waals surface area contributed by atoms with Gasteiger partial charge in [0.1, 0.15) is 5.54 Å². The Balaban J connectivity index is 2.02. The van der Waals surface area contributed by atoms with E-state index in [0.29, 0.717) is 31.9 Å². The highest BCUT2D eigenvalue weighted by atomic mass is 19.3. The summed E-state index contributed by atoms with van der Waals surface area (Å²) in [6.07, 6.45) is -2.97. The number of hydrogen-bond acceptors (Lipinski definition) is 5. The van der Waals surface area contributed by atoms with Crippen molar-refractivity contribution in [1.82, 2.24) is 15.3 Å². The van der Waals surface area contributed by atoms with Crippen molar-refractivity contribution in [2.24, 2.45) is 5.92 Å². The van der Waals surface area contributed by atoms with Crippen LogP contribution >= 0.6 is 0 Å². The van der Waals surface area contributed by atoms with Crippen LogP contribution in [0.15, 0.2) is 6.07 Å². The Morgan fingerprint density at radius 2 is 1.85 bits per heavy atom. The summed E-state index contributed by atoms with van der Waals surface area (Å²) in [7, 11) is 0. The van der Waals surface area contributed by atoms with E-state index < -0.39 is 36.2 Å². The highest BCUT2D eigenvalue weighted by Crippen LogP contribution is 2.27. The zero-order chi connectivity index (χ0) is 20.2. The van der Waals surface area contributed by atoms with Crippen LogP contribution in [0.2, 0.25) is 0 Å². The van der Waals surface area contributed by atoms with Crippen LogP contribution in [-0.2, 0) is 9.59 Å². The summed E-state index contributed by atoms with van der Waals surface area (Å²) in [5.41, 5.74) is -0.317. The molecule has 1 unspecified atom stereocenters. The normalized spacial score (nSPS) is 17.6. The number of carbonyl (C=O) groups is 2. The van der Waals surface area contributed by atoms with E-state index in [1.165, 1.54) is 6.92 Å². The molecule has 27 heavy (non-hydrogen) atoms. The molecule has 2 N–H and O–H groups in total. The van der Waals surface area contributed by atoms with Crippen molar-refractivity contribution in [2.75, 3.05) is 18.0 Å². The number of nitrogens with one attached hydrogen (secondary N) is 1. The summed E-state index contributed by atoms with van der Waals surface area (Å²) >= 11 is 0. The molecular weight excluding hydrogens is 358 g/mol. The number of aromatic nitrogens is 2. The Kier molecular flexibility index (Phi) is 6.67. The number of nitrogens with zero attached hydrogens (tertiary/aromatic N) is 3. The topological polar surface area (TPSA) is 95.4 Å². The van der Waals surface area contributed by atoms with Crippen molar-refractivity contribution in [3.63, 3.8) is 0 Å². The monoisotopic (exact) mass is 384 g/mol. The first kappa shape index (κ1) is 21.0. The number of aryl methyl sites for hydroxylation is 2. The number of hydrogen-bond donors (Lipinski definition) is 2. The minimum absolute atomic E-state index is 0.155. The number of anilines is 1. The third-order valence-electron chi connectivity index (χ3n) is 5.01. The molecule has 1 saturated heterocycles. The highest BCUT2D eigenvalue weighted by Gasteiger charge is 2.43. The third kappa shape index (κ3) is 5.11. The summed E-state index contributed by atoms with van der Waals surface area (Å²) in [6.45, 7) is 6.29. The second-order valence-electron chi connectivity index (χ2n) is 7.08. The minimum Gasteiger partial charge on any atom is -0.481 e. The molecule has 2 rings (SSSR count). The van der Waals surface area contributed by atoms with Gasteiger partial charge in [0, 0.05) is 30.4 Å². The molecule has 0 spiro atoms. The summed E-state index contributed by atoms with van der Waals surface area (Å²) in [5.74, 6) is -1.71. The van der Waals surface area contributed by atoms with Gasteiger partial charge in [0.2, 0.25) is 11.9 Å². The summed E-state index contributed by atoms with van der Waals surface area (Å²) in [4.78, 5) is 34.3. The van der Waals surface area contributed by atoms with Crippen molar-refractivity contribution in [3.8, 4) is 0 Å². The van der Waals surface area contributed by atoms with E-state index in [1.807, 2.05) is 24.8 Å². The van der Waals surface area contributed by atoms with Gasteiger partial charge in [-0.05, 0) is 39.2 Å². The van der Waals surface area contributed by atoms with Crippen LogP contribution < -0.4 is 10.2 Å². The molecule has 1 aliphatic rings. The Bertz CT molecular complexity index is 673. The molecule has 0 aliphatic carbocycles. The Morgan fingerprint density at radius 3 is 2.30 bits per heavy atom. The molecule has 1 atom stereocenters. The molecule has 7 nitrogen and oxygen atoms in total. The Morgan fingerprint density at radius 1 is 1.30 bits per heavy atom. The number of carbonyl (C=O) groups excluding carboxylic acids is 1. The minimum atomic E-state index is -2.95. The molecule has 150 valence electrons. The zero-order valence-electron chi connectivity index (χ0n) is 15.8. The molecule has 9 heteroatoms. The van der Waals surface area contributed by atoms with Crippen LogP contribution in [0.5, 0.6) is 0 Å². The van der Waals surface area contributed by atoms with E-state index in [9.17, 15) is 18.4 Å². The molecule has 1 aliphatic heterocycles. The van der Waals surface area contributed by atoms with Crippen LogP contribution in [-0.4, -0.2) is 52.0 Å². The molecular formula is C18H26F2N4O3. The average Bonchev–Trinajstić information content (AvgIpc) is 2.59. The SMILES string of the molecule is CCC(CC(=O)O)(NC(=O)C1CCN(c2nc(C)cc(C)n2)CC1)C(F)F. The lowest BCUT2D eigenvalue weighted by Gasteiger charge is -2.36. The summed E-state index contributed by atoms with van der Waals surface area (Å²) < 4.78 is 27.0. The van der Waals surface area contributed by atoms with Gasteiger partial charge in [-0.25, -0.2) is 18.7 Å². The van der Waals surface area contributed by atoms with Crippen molar-refractivity contribution in [3.05, 3.63) is 17.5 Å². The van der Waals surface area contributed by atoms with Gasteiger partial charge in [0.05, 0.1) is 6.42 Å². The Hall–Kier alpha value is -2.32. The number of carboxylic acids is 1.